The van der Waals surface area contributed by atoms with Crippen molar-refractivity contribution in [1.29, 1.82) is 0 Å². The molecule has 0 unspecified atom stereocenters. The van der Waals surface area contributed by atoms with Crippen molar-refractivity contribution in [2.75, 3.05) is 6.54 Å². The van der Waals surface area contributed by atoms with Crippen molar-refractivity contribution in [3.8, 4) is 0 Å². The Morgan fingerprint density at radius 3 is 2.82 bits per heavy atom. The number of benzene rings is 1. The molecule has 1 aromatic rings. The van der Waals surface area contributed by atoms with Crippen LogP contribution in [-0.2, 0) is 0 Å². The first kappa shape index (κ1) is 12.2. The molecule has 1 aliphatic rings. The van der Waals surface area contributed by atoms with Crippen LogP contribution in [0.4, 0.5) is 8.78 Å². The molecule has 1 aromatic carbocycles. The summed E-state index contributed by atoms with van der Waals surface area (Å²) in [6, 6.07) is 4.17. The fourth-order valence-corrected chi connectivity index (χ4v) is 1.69. The van der Waals surface area contributed by atoms with Gasteiger partial charge in [-0.15, -0.1) is 0 Å². The number of hydrogen-bond acceptors (Lipinski definition) is 1. The van der Waals surface area contributed by atoms with E-state index in [-0.39, 0.29) is 5.82 Å². The van der Waals surface area contributed by atoms with Gasteiger partial charge in [0.25, 0.3) is 0 Å². The van der Waals surface area contributed by atoms with Crippen molar-refractivity contribution in [2.45, 2.75) is 32.2 Å². The molecule has 0 heterocycles. The molecular formula is C14H17F2N. The molecule has 92 valence electrons. The van der Waals surface area contributed by atoms with Crippen LogP contribution in [0.5, 0.6) is 0 Å². The predicted molar refractivity (Wildman–Crippen MR) is 65.7 cm³/mol. The zero-order valence-corrected chi connectivity index (χ0v) is 9.97. The molecule has 0 aliphatic heterocycles. The summed E-state index contributed by atoms with van der Waals surface area (Å²) in [6.07, 6.45) is 5.04. The first-order valence-electron chi connectivity index (χ1n) is 6.07. The number of hydrogen-bond donors (Lipinski definition) is 1. The zero-order valence-electron chi connectivity index (χ0n) is 9.97. The Kier molecular flexibility index (Phi) is 3.89. The van der Waals surface area contributed by atoms with Gasteiger partial charge >= 0.3 is 0 Å². The minimum absolute atomic E-state index is 0.333. The third kappa shape index (κ3) is 3.63. The van der Waals surface area contributed by atoms with E-state index < -0.39 is 5.82 Å². The van der Waals surface area contributed by atoms with Crippen LogP contribution in [0.15, 0.2) is 23.8 Å². The number of nitrogens with one attached hydrogen (secondary N) is 1. The van der Waals surface area contributed by atoms with E-state index in [2.05, 4.69) is 5.32 Å². The van der Waals surface area contributed by atoms with E-state index in [1.165, 1.54) is 25.0 Å². The zero-order chi connectivity index (χ0) is 12.3. The smallest absolute Gasteiger partial charge is 0.130 e. The third-order valence-corrected chi connectivity index (χ3v) is 2.97. The molecule has 1 aliphatic carbocycles. The van der Waals surface area contributed by atoms with E-state index in [1.807, 2.05) is 6.92 Å². The Labute approximate surface area is 101 Å². The highest BCUT2D eigenvalue weighted by Crippen LogP contribution is 2.20. The maximum Gasteiger partial charge on any atom is 0.130 e. The average Bonchev–Trinajstić information content (AvgIpc) is 3.12. The van der Waals surface area contributed by atoms with Gasteiger partial charge in [-0.2, -0.15) is 0 Å². The first-order chi connectivity index (χ1) is 8.19. The Balaban J connectivity index is 2.09. The Morgan fingerprint density at radius 2 is 2.18 bits per heavy atom. The Bertz CT molecular complexity index is 422. The highest BCUT2D eigenvalue weighted by atomic mass is 19.1. The lowest BCUT2D eigenvalue weighted by Crippen LogP contribution is -2.18. The largest absolute Gasteiger partial charge is 0.310 e. The highest BCUT2D eigenvalue weighted by molar-refractivity contribution is 5.54. The predicted octanol–water partition coefficient (Wildman–Crippen LogP) is 3.51. The van der Waals surface area contributed by atoms with Crippen LogP contribution >= 0.6 is 0 Å². The summed E-state index contributed by atoms with van der Waals surface area (Å²) in [5, 5.41) is 3.38. The van der Waals surface area contributed by atoms with Crippen LogP contribution in [0.25, 0.3) is 6.08 Å². The summed E-state index contributed by atoms with van der Waals surface area (Å²) in [5.74, 6) is -0.771. The molecule has 1 saturated carbocycles. The van der Waals surface area contributed by atoms with Crippen molar-refractivity contribution >= 4 is 6.08 Å². The molecule has 17 heavy (non-hydrogen) atoms. The maximum atomic E-state index is 13.4. The quantitative estimate of drug-likeness (QED) is 0.826. The van der Waals surface area contributed by atoms with E-state index in [9.17, 15) is 8.78 Å². The summed E-state index contributed by atoms with van der Waals surface area (Å²) in [5.41, 5.74) is 1.43. The van der Waals surface area contributed by atoms with Gasteiger partial charge in [0.2, 0.25) is 0 Å². The second-order valence-electron chi connectivity index (χ2n) is 4.48. The van der Waals surface area contributed by atoms with Gasteiger partial charge in [-0.25, -0.2) is 8.78 Å². The molecule has 1 N–H and O–H groups in total. The summed E-state index contributed by atoms with van der Waals surface area (Å²) in [7, 11) is 0. The highest BCUT2D eigenvalue weighted by Gasteiger charge is 2.20. The minimum Gasteiger partial charge on any atom is -0.310 e. The summed E-state index contributed by atoms with van der Waals surface area (Å²) in [4.78, 5) is 0. The third-order valence-electron chi connectivity index (χ3n) is 2.97. The van der Waals surface area contributed by atoms with Gasteiger partial charge in [0.05, 0.1) is 0 Å². The molecule has 2 rings (SSSR count). The number of rotatable bonds is 5. The van der Waals surface area contributed by atoms with Gasteiger partial charge in [-0.1, -0.05) is 18.6 Å². The average molecular weight is 237 g/mol. The van der Waals surface area contributed by atoms with Crippen LogP contribution in [0.1, 0.15) is 31.7 Å². The minimum atomic E-state index is -0.400. The maximum absolute atomic E-state index is 13.4. The lowest BCUT2D eigenvalue weighted by atomic mass is 10.1. The first-order valence-corrected chi connectivity index (χ1v) is 6.07. The standard InChI is InChI=1S/C14H17F2N/c1-2-10(9-17-13-4-5-13)7-11-8-12(15)3-6-14(11)16/h3,6-8,13,17H,2,4-5,9H2,1H3. The topological polar surface area (TPSA) is 12.0 Å². The van der Waals surface area contributed by atoms with Crippen molar-refractivity contribution in [2.24, 2.45) is 0 Å². The van der Waals surface area contributed by atoms with Gasteiger partial charge in [-0.3, -0.25) is 0 Å². The van der Waals surface area contributed by atoms with Crippen LogP contribution in [0, 0.1) is 11.6 Å². The fourth-order valence-electron chi connectivity index (χ4n) is 1.69. The second-order valence-corrected chi connectivity index (χ2v) is 4.48. The van der Waals surface area contributed by atoms with Gasteiger partial charge in [0.1, 0.15) is 11.6 Å². The molecule has 0 saturated heterocycles. The lowest BCUT2D eigenvalue weighted by molar-refractivity contribution is 0.597. The molecule has 0 radical (unpaired) electrons. The van der Waals surface area contributed by atoms with Gasteiger partial charge < -0.3 is 5.32 Å². The van der Waals surface area contributed by atoms with Crippen LogP contribution < -0.4 is 5.32 Å². The van der Waals surface area contributed by atoms with E-state index in [1.54, 1.807) is 6.08 Å². The molecule has 0 atom stereocenters. The molecule has 0 amide bonds. The van der Waals surface area contributed by atoms with Gasteiger partial charge in [0.15, 0.2) is 0 Å². The molecule has 0 aromatic heterocycles. The summed E-state index contributed by atoms with van der Waals surface area (Å²) >= 11 is 0. The summed E-state index contributed by atoms with van der Waals surface area (Å²) < 4.78 is 26.5. The molecule has 0 bridgehead atoms. The van der Waals surface area contributed by atoms with E-state index in [0.29, 0.717) is 11.6 Å². The van der Waals surface area contributed by atoms with Crippen LogP contribution in [0.2, 0.25) is 0 Å². The van der Waals surface area contributed by atoms with Crippen molar-refractivity contribution < 1.29 is 8.78 Å². The normalized spacial score (nSPS) is 16.3. The molecule has 1 fully saturated rings. The molecular weight excluding hydrogens is 220 g/mol. The Morgan fingerprint density at radius 1 is 1.41 bits per heavy atom. The van der Waals surface area contributed by atoms with E-state index in [4.69, 9.17) is 0 Å². The fraction of sp³-hybridized carbons (Fsp3) is 0.429. The van der Waals surface area contributed by atoms with Gasteiger partial charge in [0, 0.05) is 18.2 Å². The van der Waals surface area contributed by atoms with Gasteiger partial charge in [-0.05, 0) is 37.5 Å². The van der Waals surface area contributed by atoms with Crippen LogP contribution in [-0.4, -0.2) is 12.6 Å². The monoisotopic (exact) mass is 237 g/mol. The molecule has 1 nitrogen and oxygen atoms in total. The Hall–Kier alpha value is -1.22. The van der Waals surface area contributed by atoms with Crippen molar-refractivity contribution in [1.82, 2.24) is 5.32 Å². The SMILES string of the molecule is CCC(=Cc1cc(F)ccc1F)CNC1CC1. The lowest BCUT2D eigenvalue weighted by Gasteiger charge is -2.07. The summed E-state index contributed by atoms with van der Waals surface area (Å²) in [6.45, 7) is 2.79. The second kappa shape index (κ2) is 5.41. The number of halogens is 2. The van der Waals surface area contributed by atoms with Crippen LogP contribution in [0.3, 0.4) is 0 Å². The van der Waals surface area contributed by atoms with Crippen molar-refractivity contribution in [3.63, 3.8) is 0 Å². The van der Waals surface area contributed by atoms with E-state index >= 15 is 0 Å². The molecule has 3 heteroatoms. The molecule has 0 spiro atoms. The van der Waals surface area contributed by atoms with Crippen molar-refractivity contribution in [3.05, 3.63) is 41.0 Å². The van der Waals surface area contributed by atoms with E-state index in [0.717, 1.165) is 24.6 Å².